The van der Waals surface area contributed by atoms with Gasteiger partial charge in [-0.2, -0.15) is 14.1 Å². The van der Waals surface area contributed by atoms with Gasteiger partial charge in [-0.3, -0.25) is 4.57 Å². The van der Waals surface area contributed by atoms with Gasteiger partial charge in [-0.15, -0.1) is 0 Å². The molecule has 0 radical (unpaired) electrons. The minimum atomic E-state index is 0.966. The first-order valence-electron chi connectivity index (χ1n) is 17.2. The number of nitrogens with zero attached hydrogens (tertiary/aromatic N) is 6. The fraction of sp³-hybridized carbons (Fsp3) is 0. The predicted octanol–water partition coefficient (Wildman–Crippen LogP) is 10.8. The molecule has 0 saturated carbocycles. The molecule has 0 fully saturated rings. The highest BCUT2D eigenvalue weighted by Crippen LogP contribution is 2.36. The Morgan fingerprint density at radius 3 is 1.88 bits per heavy atom. The van der Waals surface area contributed by atoms with Gasteiger partial charge < -0.3 is 4.57 Å². The van der Waals surface area contributed by atoms with Crippen molar-refractivity contribution >= 4 is 43.7 Å². The maximum atomic E-state index is 4.76. The van der Waals surface area contributed by atoms with E-state index in [0.29, 0.717) is 0 Å². The van der Waals surface area contributed by atoms with Crippen molar-refractivity contribution in [2.75, 3.05) is 0 Å². The second kappa shape index (κ2) is 10.7. The van der Waals surface area contributed by atoms with Gasteiger partial charge >= 0.3 is 0 Å². The first kappa shape index (κ1) is 27.9. The number of rotatable bonds is 5. The number of para-hydroxylation sites is 3. The molecule has 5 heterocycles. The zero-order valence-electron chi connectivity index (χ0n) is 27.5. The van der Waals surface area contributed by atoms with Crippen molar-refractivity contribution in [2.45, 2.75) is 0 Å². The van der Waals surface area contributed by atoms with Crippen LogP contribution in [0.15, 0.2) is 182 Å². The van der Waals surface area contributed by atoms with E-state index in [9.17, 15) is 0 Å². The normalized spacial score (nSPS) is 11.9. The highest BCUT2D eigenvalue weighted by atomic mass is 15.9. The maximum Gasteiger partial charge on any atom is 0.145 e. The van der Waals surface area contributed by atoms with Crippen LogP contribution in [0.1, 0.15) is 0 Å². The summed E-state index contributed by atoms with van der Waals surface area (Å²) < 4.78 is 8.97. The lowest BCUT2D eigenvalue weighted by Crippen LogP contribution is -1.96. The standard InChI is InChI=1S/C45H30N6/c1-2-13-34(14-3-1)48-42-18-6-5-16-38(42)40-30-32(21-26-44(40)48)31-11-8-12-33(29-31)41-20-10-28-47-50(51(41)47)36-24-22-35(23-25-36)49-43-19-7-4-15-37(43)39-17-9-27-46-45(39)49/h1-30H. The molecule has 6 aromatic carbocycles. The SMILES string of the molecule is c1ccc(-n2c3ccccc3c3cc(-c4cccc(-c5cccn6n(-c7ccc(-n8c9ccccc9c9cccnc98)cc7)n56)c4)ccc32)cc1. The molecule has 51 heavy (non-hydrogen) atoms. The molecule has 0 unspecified atom stereocenters. The maximum absolute atomic E-state index is 4.76. The zero-order chi connectivity index (χ0) is 33.5. The summed E-state index contributed by atoms with van der Waals surface area (Å²) in [4.78, 5) is 6.95. The number of hydrogen-bond acceptors (Lipinski definition) is 1. The van der Waals surface area contributed by atoms with Gasteiger partial charge in [0.05, 0.1) is 27.9 Å². The van der Waals surface area contributed by atoms with Crippen molar-refractivity contribution in [2.24, 2.45) is 0 Å². The molecule has 0 bridgehead atoms. The average molecular weight is 655 g/mol. The number of fused-ring (bicyclic) bond motifs is 7. The van der Waals surface area contributed by atoms with E-state index in [4.69, 9.17) is 4.98 Å². The monoisotopic (exact) mass is 654 g/mol. The summed E-state index contributed by atoms with van der Waals surface area (Å²) in [6.45, 7) is 0. The summed E-state index contributed by atoms with van der Waals surface area (Å²) in [5.41, 5.74) is 12.5. The fourth-order valence-electron chi connectivity index (χ4n) is 7.85. The molecule has 6 heteroatoms. The molecule has 11 aromatic rings. The van der Waals surface area contributed by atoms with Crippen LogP contribution < -0.4 is 0 Å². The van der Waals surface area contributed by atoms with Crippen molar-refractivity contribution in [3.63, 3.8) is 0 Å². The predicted molar refractivity (Wildman–Crippen MR) is 208 cm³/mol. The lowest BCUT2D eigenvalue weighted by Gasteiger charge is -2.09. The van der Waals surface area contributed by atoms with Crippen LogP contribution in [-0.4, -0.2) is 28.2 Å². The summed E-state index contributed by atoms with van der Waals surface area (Å²) in [5.74, 6) is 0. The summed E-state index contributed by atoms with van der Waals surface area (Å²) in [5, 5.41) is 4.87. The van der Waals surface area contributed by atoms with Gasteiger partial charge in [0.15, 0.2) is 0 Å². The van der Waals surface area contributed by atoms with E-state index in [0.717, 1.165) is 39.2 Å². The first-order chi connectivity index (χ1) is 25.3. The Morgan fingerprint density at radius 1 is 0.392 bits per heavy atom. The molecule has 0 atom stereocenters. The Labute approximate surface area is 292 Å². The molecule has 6 nitrogen and oxygen atoms in total. The van der Waals surface area contributed by atoms with E-state index in [1.54, 1.807) is 0 Å². The highest BCUT2D eigenvalue weighted by molar-refractivity contribution is 6.10. The second-order valence-electron chi connectivity index (χ2n) is 13.0. The number of benzene rings is 6. The molecule has 0 saturated heterocycles. The molecule has 0 aliphatic heterocycles. The third kappa shape index (κ3) is 4.20. The number of pyridine rings is 1. The van der Waals surface area contributed by atoms with Crippen LogP contribution in [-0.2, 0) is 0 Å². The minimum Gasteiger partial charge on any atom is -0.309 e. The van der Waals surface area contributed by atoms with E-state index in [-0.39, 0.29) is 0 Å². The van der Waals surface area contributed by atoms with E-state index in [1.165, 1.54) is 44.0 Å². The molecule has 0 aliphatic carbocycles. The Balaban J connectivity index is 0.972. The van der Waals surface area contributed by atoms with E-state index in [2.05, 4.69) is 193 Å². The van der Waals surface area contributed by atoms with Crippen LogP contribution >= 0.6 is 0 Å². The van der Waals surface area contributed by atoms with E-state index < -0.39 is 0 Å². The van der Waals surface area contributed by atoms with Crippen molar-refractivity contribution < 1.29 is 0 Å². The van der Waals surface area contributed by atoms with Gasteiger partial charge in [-0.25, -0.2) is 4.98 Å². The van der Waals surface area contributed by atoms with Gasteiger partial charge in [0.2, 0.25) is 0 Å². The number of aromatic nitrogens is 6. The topological polar surface area (TPSA) is 36.5 Å². The summed E-state index contributed by atoms with van der Waals surface area (Å²) in [6.07, 6.45) is 3.96. The Hall–Kier alpha value is -7.05. The van der Waals surface area contributed by atoms with Crippen LogP contribution in [0.25, 0.3) is 83.2 Å². The molecule has 0 amide bonds. The average Bonchev–Trinajstić information content (AvgIpc) is 3.72. The second-order valence-corrected chi connectivity index (χ2v) is 13.0. The van der Waals surface area contributed by atoms with Gasteiger partial charge in [-0.1, -0.05) is 78.9 Å². The molecule has 5 aromatic heterocycles. The molecule has 0 N–H and O–H groups in total. The Bertz CT molecular complexity index is 3020. The smallest absolute Gasteiger partial charge is 0.145 e. The first-order valence-corrected chi connectivity index (χ1v) is 17.2. The van der Waals surface area contributed by atoms with Crippen LogP contribution in [0.3, 0.4) is 0 Å². The Morgan fingerprint density at radius 2 is 1.04 bits per heavy atom. The van der Waals surface area contributed by atoms with E-state index >= 15 is 0 Å². The van der Waals surface area contributed by atoms with Crippen LogP contribution in [0, 0.1) is 0 Å². The van der Waals surface area contributed by atoms with E-state index in [1.807, 2.05) is 12.3 Å². The number of hydrogen-bond donors (Lipinski definition) is 0. The highest BCUT2D eigenvalue weighted by Gasteiger charge is 2.19. The summed E-state index contributed by atoms with van der Waals surface area (Å²) >= 11 is 0. The van der Waals surface area contributed by atoms with Gasteiger partial charge in [0.25, 0.3) is 0 Å². The van der Waals surface area contributed by atoms with Crippen molar-refractivity contribution in [3.05, 3.63) is 182 Å². The lowest BCUT2D eigenvalue weighted by molar-refractivity contribution is 0.984. The third-order valence-electron chi connectivity index (χ3n) is 10.2. The molecule has 11 rings (SSSR count). The summed E-state index contributed by atoms with van der Waals surface area (Å²) in [7, 11) is 0. The van der Waals surface area contributed by atoms with Crippen LogP contribution in [0.5, 0.6) is 0 Å². The summed E-state index contributed by atoms with van der Waals surface area (Å²) in [6, 6.07) is 60.7. The minimum absolute atomic E-state index is 0.966. The Kier molecular flexibility index (Phi) is 5.86. The lowest BCUT2D eigenvalue weighted by atomic mass is 10.00. The van der Waals surface area contributed by atoms with Crippen molar-refractivity contribution in [3.8, 4) is 39.4 Å². The van der Waals surface area contributed by atoms with Crippen molar-refractivity contribution in [1.82, 2.24) is 28.2 Å². The molecular formula is C45H30N6. The van der Waals surface area contributed by atoms with Crippen LogP contribution in [0.4, 0.5) is 0 Å². The van der Waals surface area contributed by atoms with Crippen LogP contribution in [0.2, 0.25) is 0 Å². The molecule has 0 spiro atoms. The zero-order valence-corrected chi connectivity index (χ0v) is 27.5. The molecule has 0 aliphatic rings. The largest absolute Gasteiger partial charge is 0.309 e. The van der Waals surface area contributed by atoms with Gasteiger partial charge in [0.1, 0.15) is 5.65 Å². The van der Waals surface area contributed by atoms with Gasteiger partial charge in [0, 0.05) is 50.9 Å². The quantitative estimate of drug-likeness (QED) is 0.182. The fourth-order valence-corrected chi connectivity index (χ4v) is 7.85. The van der Waals surface area contributed by atoms with Crippen molar-refractivity contribution in [1.29, 1.82) is 0 Å². The molecule has 240 valence electrons. The molecular weight excluding hydrogens is 625 g/mol. The van der Waals surface area contributed by atoms with Gasteiger partial charge in [-0.05, 0) is 102 Å². The third-order valence-corrected chi connectivity index (χ3v) is 10.2.